The van der Waals surface area contributed by atoms with Gasteiger partial charge < -0.3 is 19.9 Å². The maximum absolute atomic E-state index is 13.9. The van der Waals surface area contributed by atoms with Crippen LogP contribution in [-0.4, -0.2) is 63.6 Å². The first-order chi connectivity index (χ1) is 22.5. The quantitative estimate of drug-likeness (QED) is 0.0873. The second kappa shape index (κ2) is 16.7. The highest BCUT2D eigenvalue weighted by atomic mass is 32.2. The number of carbonyl (C=O) groups is 1. The van der Waals surface area contributed by atoms with Gasteiger partial charge in [0.15, 0.2) is 5.16 Å². The Morgan fingerprint density at radius 2 is 1.49 bits per heavy atom. The zero-order chi connectivity index (χ0) is 34.0. The van der Waals surface area contributed by atoms with Gasteiger partial charge in [0.1, 0.15) is 5.82 Å². The molecule has 4 aromatic rings. The van der Waals surface area contributed by atoms with Crippen molar-refractivity contribution in [3.8, 4) is 11.1 Å². The van der Waals surface area contributed by atoms with Crippen LogP contribution in [-0.2, 0) is 36.1 Å². The van der Waals surface area contributed by atoms with E-state index in [1.807, 2.05) is 38.1 Å². The summed E-state index contributed by atoms with van der Waals surface area (Å²) in [5.41, 5.74) is 2.46. The van der Waals surface area contributed by atoms with Crippen LogP contribution in [0.1, 0.15) is 41.8 Å². The number of aliphatic hydroxyl groups is 1. The Labute approximate surface area is 275 Å². The number of aliphatic hydroxyl groups excluding tert-OH is 1. The van der Waals surface area contributed by atoms with E-state index in [2.05, 4.69) is 14.9 Å². The maximum Gasteiger partial charge on any atom is 0.416 e. The molecule has 4 rings (SSSR count). The smallest absolute Gasteiger partial charge is 0.396 e. The second-order valence-electron chi connectivity index (χ2n) is 11.0. The first-order valence-corrected chi connectivity index (χ1v) is 16.4. The molecule has 0 spiro atoms. The van der Waals surface area contributed by atoms with Crippen LogP contribution in [0.2, 0.25) is 0 Å². The number of benzene rings is 3. The minimum atomic E-state index is -4.41. The van der Waals surface area contributed by atoms with Crippen molar-refractivity contribution in [1.29, 1.82) is 0 Å². The van der Waals surface area contributed by atoms with Crippen molar-refractivity contribution >= 4 is 17.7 Å². The number of likely N-dealkylation sites (N-methyl/N-ethyl adjacent to an activating group) is 1. The van der Waals surface area contributed by atoms with Gasteiger partial charge in [-0.05, 0) is 59.6 Å². The monoisotopic (exact) mass is 670 g/mol. The van der Waals surface area contributed by atoms with E-state index in [0.29, 0.717) is 35.3 Å². The second-order valence-corrected chi connectivity index (χ2v) is 11.9. The summed E-state index contributed by atoms with van der Waals surface area (Å²) in [5.74, 6) is -0.162. The molecule has 0 saturated carbocycles. The van der Waals surface area contributed by atoms with E-state index in [-0.39, 0.29) is 43.3 Å². The van der Waals surface area contributed by atoms with Crippen LogP contribution in [0.4, 0.5) is 17.6 Å². The average molecular weight is 671 g/mol. The summed E-state index contributed by atoms with van der Waals surface area (Å²) in [6, 6.07) is 18.3. The first kappa shape index (κ1) is 35.8. The van der Waals surface area contributed by atoms with Crippen LogP contribution in [0.5, 0.6) is 0 Å². The Morgan fingerprint density at radius 3 is 2.06 bits per heavy atom. The van der Waals surface area contributed by atoms with Crippen molar-refractivity contribution in [3.63, 3.8) is 0 Å². The van der Waals surface area contributed by atoms with Gasteiger partial charge in [0.25, 0.3) is 5.56 Å². The predicted molar refractivity (Wildman–Crippen MR) is 175 cm³/mol. The number of nitrogens with zero attached hydrogens (tertiary/aromatic N) is 3. The number of aromatic nitrogens is 2. The molecule has 0 aliphatic heterocycles. The molecule has 0 aliphatic carbocycles. The third-order valence-electron chi connectivity index (χ3n) is 7.85. The molecule has 0 unspecified atom stereocenters. The Balaban J connectivity index is 1.54. The fourth-order valence-corrected chi connectivity index (χ4v) is 5.90. The highest BCUT2D eigenvalue weighted by Gasteiger charge is 2.30. The Kier molecular flexibility index (Phi) is 12.7. The number of hydrogen-bond acceptors (Lipinski definition) is 6. The topological polar surface area (TPSA) is 89.5 Å². The fourth-order valence-electron chi connectivity index (χ4n) is 5.06. The molecular weight excluding hydrogens is 632 g/mol. The maximum atomic E-state index is 13.9. The largest absolute Gasteiger partial charge is 0.416 e. The number of halogens is 4. The highest BCUT2D eigenvalue weighted by molar-refractivity contribution is 7.98. The van der Waals surface area contributed by atoms with E-state index in [1.54, 1.807) is 17.0 Å². The molecule has 1 heterocycles. The molecule has 3 aromatic carbocycles. The number of amides is 1. The van der Waals surface area contributed by atoms with Crippen molar-refractivity contribution in [1.82, 2.24) is 19.8 Å². The van der Waals surface area contributed by atoms with Gasteiger partial charge in [-0.3, -0.25) is 9.59 Å². The Bertz CT molecular complexity index is 1660. The van der Waals surface area contributed by atoms with Crippen LogP contribution in [0.25, 0.3) is 11.1 Å². The lowest BCUT2D eigenvalue weighted by Gasteiger charge is -2.27. The van der Waals surface area contributed by atoms with Gasteiger partial charge in [-0.1, -0.05) is 74.1 Å². The van der Waals surface area contributed by atoms with Crippen molar-refractivity contribution in [3.05, 3.63) is 117 Å². The molecule has 0 fully saturated rings. The Morgan fingerprint density at radius 1 is 0.894 bits per heavy atom. The molecule has 0 radical (unpaired) electrons. The summed E-state index contributed by atoms with van der Waals surface area (Å²) in [7, 11) is 0. The molecule has 47 heavy (non-hydrogen) atoms. The minimum absolute atomic E-state index is 0.0404. The lowest BCUT2D eigenvalue weighted by Crippen LogP contribution is -2.39. The third-order valence-corrected chi connectivity index (χ3v) is 8.80. The van der Waals surface area contributed by atoms with Crippen LogP contribution in [0, 0.1) is 5.82 Å². The summed E-state index contributed by atoms with van der Waals surface area (Å²) < 4.78 is 52.3. The molecule has 1 aromatic heterocycles. The Hall–Kier alpha value is -4.00. The molecule has 0 saturated heterocycles. The van der Waals surface area contributed by atoms with Gasteiger partial charge in [-0.2, -0.15) is 13.2 Å². The van der Waals surface area contributed by atoms with Crippen LogP contribution >= 0.6 is 11.8 Å². The molecule has 0 bridgehead atoms. The van der Waals surface area contributed by atoms with E-state index < -0.39 is 17.3 Å². The molecule has 12 heteroatoms. The van der Waals surface area contributed by atoms with Crippen LogP contribution in [0.15, 0.2) is 82.7 Å². The number of H-pyrrole nitrogens is 1. The number of carbonyl (C=O) groups excluding carboxylic acids is 1. The molecule has 0 atom stereocenters. The molecule has 7 nitrogen and oxygen atoms in total. The van der Waals surface area contributed by atoms with Crippen molar-refractivity contribution in [2.45, 2.75) is 50.3 Å². The normalized spacial score (nSPS) is 11.7. The van der Waals surface area contributed by atoms with E-state index in [0.717, 1.165) is 41.9 Å². The zero-order valence-corrected chi connectivity index (χ0v) is 27.1. The van der Waals surface area contributed by atoms with Crippen LogP contribution < -0.4 is 5.56 Å². The van der Waals surface area contributed by atoms with E-state index in [4.69, 9.17) is 0 Å². The van der Waals surface area contributed by atoms with E-state index in [9.17, 15) is 32.3 Å². The highest BCUT2D eigenvalue weighted by Crippen LogP contribution is 2.31. The molecule has 1 amide bonds. The lowest BCUT2D eigenvalue weighted by atomic mass is 10.0. The first-order valence-electron chi connectivity index (χ1n) is 15.4. The van der Waals surface area contributed by atoms with E-state index in [1.165, 1.54) is 36.0 Å². The van der Waals surface area contributed by atoms with Gasteiger partial charge in [0, 0.05) is 44.0 Å². The molecule has 2 N–H and O–H groups in total. The average Bonchev–Trinajstić information content (AvgIpc) is 3.06. The van der Waals surface area contributed by atoms with Gasteiger partial charge in [0.05, 0.1) is 17.7 Å². The number of hydrogen-bond donors (Lipinski definition) is 2. The number of nitrogens with one attached hydrogen (secondary N) is 1. The predicted octanol–water partition coefficient (Wildman–Crippen LogP) is 6.34. The number of rotatable bonds is 15. The van der Waals surface area contributed by atoms with Crippen molar-refractivity contribution in [2.24, 2.45) is 0 Å². The number of aromatic amines is 1. The summed E-state index contributed by atoms with van der Waals surface area (Å²) in [5, 5.41) is 9.95. The summed E-state index contributed by atoms with van der Waals surface area (Å²) >= 11 is 1.26. The van der Waals surface area contributed by atoms with Crippen molar-refractivity contribution in [2.75, 3.05) is 32.8 Å². The van der Waals surface area contributed by atoms with Gasteiger partial charge in [-0.25, -0.2) is 9.37 Å². The molecule has 0 aliphatic rings. The van der Waals surface area contributed by atoms with Crippen LogP contribution in [0.3, 0.4) is 0 Å². The SMILES string of the molecule is CCN(CC)CCN(Cc1ccc(-c2ccc(C(F)(F)F)cc2)cc1)C(=O)Cc1nc(SCc2ccc(F)cc2)[nH]c(=O)c1CCO. The molecule has 250 valence electrons. The van der Waals surface area contributed by atoms with Gasteiger partial charge in [0.2, 0.25) is 5.91 Å². The minimum Gasteiger partial charge on any atom is -0.396 e. The van der Waals surface area contributed by atoms with E-state index >= 15 is 0 Å². The zero-order valence-electron chi connectivity index (χ0n) is 26.3. The standard InChI is InChI=1S/C35H38F4N4O3S/c1-3-42(4-2)18-19-43(22-24-5-9-26(10-6-24)27-11-13-28(14-12-27)35(37,38)39)32(45)21-31-30(17-20-44)33(46)41-34(40-31)47-23-25-7-15-29(36)16-8-25/h5-16,44H,3-4,17-23H2,1-2H3,(H,40,41,46). The van der Waals surface area contributed by atoms with Gasteiger partial charge >= 0.3 is 6.18 Å². The lowest BCUT2D eigenvalue weighted by molar-refractivity contribution is -0.137. The molecular formula is C35H38F4N4O3S. The summed E-state index contributed by atoms with van der Waals surface area (Å²) in [4.78, 5) is 38.1. The van der Waals surface area contributed by atoms with Crippen molar-refractivity contribution < 1.29 is 27.5 Å². The summed E-state index contributed by atoms with van der Waals surface area (Å²) in [6.07, 6.45) is -4.51. The number of thioether (sulfide) groups is 1. The third kappa shape index (κ3) is 10.2. The fraction of sp³-hybridized carbons (Fsp3) is 0.343. The summed E-state index contributed by atoms with van der Waals surface area (Å²) in [6.45, 7) is 6.75. The van der Waals surface area contributed by atoms with Gasteiger partial charge in [-0.15, -0.1) is 0 Å². The number of alkyl halides is 3.